The maximum Gasteiger partial charge on any atom is 0.339 e. The molecule has 3 rings (SSSR count). The van der Waals surface area contributed by atoms with Crippen molar-refractivity contribution in [3.63, 3.8) is 0 Å². The summed E-state index contributed by atoms with van der Waals surface area (Å²) in [6.45, 7) is 1.60. The summed E-state index contributed by atoms with van der Waals surface area (Å²) in [5.74, 6) is 0.629. The number of aliphatic hydroxyl groups is 1. The van der Waals surface area contributed by atoms with Crippen LogP contribution in [0.15, 0.2) is 33.7 Å². The van der Waals surface area contributed by atoms with Crippen molar-refractivity contribution in [1.29, 1.82) is 0 Å². The molecule has 0 radical (unpaired) electrons. The Hall–Kier alpha value is -2.80. The monoisotopic (exact) mass is 346 g/mol. The van der Waals surface area contributed by atoms with Crippen LogP contribution in [-0.2, 0) is 11.2 Å². The third-order valence-corrected chi connectivity index (χ3v) is 3.97. The predicted molar refractivity (Wildman–Crippen MR) is 87.2 cm³/mol. The molecule has 1 aromatic carbocycles. The van der Waals surface area contributed by atoms with Gasteiger partial charge in [-0.2, -0.15) is 0 Å². The van der Waals surface area contributed by atoms with Gasteiger partial charge in [-0.1, -0.05) is 0 Å². The highest BCUT2D eigenvalue weighted by Crippen LogP contribution is 2.42. The van der Waals surface area contributed by atoms with Crippen molar-refractivity contribution in [1.82, 2.24) is 0 Å². The number of benzene rings is 1. The summed E-state index contributed by atoms with van der Waals surface area (Å²) < 4.78 is 21.3. The number of carbonyl (C=O) groups is 1. The maximum atomic E-state index is 12.4. The Morgan fingerprint density at radius 3 is 2.56 bits per heavy atom. The normalized spacial score (nSPS) is 17.0. The maximum absolute atomic E-state index is 12.4. The van der Waals surface area contributed by atoms with Crippen LogP contribution in [0.5, 0.6) is 11.5 Å². The van der Waals surface area contributed by atoms with Gasteiger partial charge in [0.25, 0.3) is 0 Å². The lowest BCUT2D eigenvalue weighted by Gasteiger charge is -2.14. The molecule has 0 fully saturated rings. The van der Waals surface area contributed by atoms with E-state index < -0.39 is 18.2 Å². The van der Waals surface area contributed by atoms with Crippen LogP contribution in [0.1, 0.15) is 40.3 Å². The molecule has 2 aromatic rings. The summed E-state index contributed by atoms with van der Waals surface area (Å²) in [4.78, 5) is 24.7. The zero-order valence-electron chi connectivity index (χ0n) is 14.1. The van der Waals surface area contributed by atoms with Gasteiger partial charge in [0.1, 0.15) is 23.5 Å². The van der Waals surface area contributed by atoms with E-state index in [0.717, 1.165) is 0 Å². The first kappa shape index (κ1) is 17.0. The standard InChI is InChI=1S/C18H18O7/c1-9(19)4-11-6-14(20)13(8-24-11)17-16-12(18(21)25-17)5-10(22-2)7-15(16)23-3/h5-9,17,19H,4H2,1-3H3/t9-,17+/m1/s1. The molecule has 7 nitrogen and oxygen atoms in total. The van der Waals surface area contributed by atoms with Gasteiger partial charge >= 0.3 is 5.97 Å². The molecule has 0 bridgehead atoms. The Kier molecular flexibility index (Phi) is 4.50. The van der Waals surface area contributed by atoms with Gasteiger partial charge < -0.3 is 23.7 Å². The topological polar surface area (TPSA) is 95.2 Å². The average Bonchev–Trinajstić information content (AvgIpc) is 2.90. The fourth-order valence-electron chi connectivity index (χ4n) is 2.83. The van der Waals surface area contributed by atoms with Crippen LogP contribution in [0, 0.1) is 0 Å². The zero-order chi connectivity index (χ0) is 18.1. The molecule has 0 amide bonds. The molecule has 7 heteroatoms. The number of hydrogen-bond donors (Lipinski definition) is 1. The highest BCUT2D eigenvalue weighted by Gasteiger charge is 2.37. The van der Waals surface area contributed by atoms with Crippen LogP contribution in [0.25, 0.3) is 0 Å². The third-order valence-electron chi connectivity index (χ3n) is 3.97. The number of methoxy groups -OCH3 is 2. The smallest absolute Gasteiger partial charge is 0.339 e. The van der Waals surface area contributed by atoms with Crippen molar-refractivity contribution >= 4 is 5.97 Å². The summed E-state index contributed by atoms with van der Waals surface area (Å²) >= 11 is 0. The van der Waals surface area contributed by atoms with E-state index in [1.165, 1.54) is 26.5 Å². The zero-order valence-corrected chi connectivity index (χ0v) is 14.1. The van der Waals surface area contributed by atoms with E-state index >= 15 is 0 Å². The van der Waals surface area contributed by atoms with Crippen LogP contribution in [0.2, 0.25) is 0 Å². The van der Waals surface area contributed by atoms with Gasteiger partial charge in [0.15, 0.2) is 11.5 Å². The van der Waals surface area contributed by atoms with Crippen molar-refractivity contribution in [2.24, 2.45) is 0 Å². The molecule has 0 unspecified atom stereocenters. The van der Waals surface area contributed by atoms with E-state index in [0.29, 0.717) is 22.8 Å². The first-order valence-electron chi connectivity index (χ1n) is 7.71. The number of fused-ring (bicyclic) bond motifs is 1. The molecule has 2 heterocycles. The number of aliphatic hydroxyl groups excluding tert-OH is 1. The minimum absolute atomic E-state index is 0.185. The Bertz CT molecular complexity index is 866. The minimum Gasteiger partial charge on any atom is -0.497 e. The molecule has 1 aromatic heterocycles. The predicted octanol–water partition coefficient (Wildman–Crippen LogP) is 1.84. The molecule has 0 spiro atoms. The summed E-state index contributed by atoms with van der Waals surface area (Å²) in [5.41, 5.74) is 0.591. The lowest BCUT2D eigenvalue weighted by atomic mass is 9.98. The van der Waals surface area contributed by atoms with Crippen molar-refractivity contribution in [3.8, 4) is 11.5 Å². The quantitative estimate of drug-likeness (QED) is 0.825. The molecular weight excluding hydrogens is 328 g/mol. The van der Waals surface area contributed by atoms with Gasteiger partial charge in [-0.25, -0.2) is 4.79 Å². The number of cyclic esters (lactones) is 1. The van der Waals surface area contributed by atoms with E-state index in [4.69, 9.17) is 18.6 Å². The van der Waals surface area contributed by atoms with Gasteiger partial charge in [0.05, 0.1) is 37.0 Å². The van der Waals surface area contributed by atoms with Crippen molar-refractivity contribution < 1.29 is 28.5 Å². The molecule has 0 saturated carbocycles. The number of rotatable bonds is 5. The highest BCUT2D eigenvalue weighted by atomic mass is 16.6. The molecule has 1 aliphatic rings. The average molecular weight is 346 g/mol. The number of carbonyl (C=O) groups excluding carboxylic acids is 1. The van der Waals surface area contributed by atoms with Crippen molar-refractivity contribution in [3.05, 3.63) is 57.1 Å². The molecular formula is C18H18O7. The number of esters is 1. The summed E-state index contributed by atoms with van der Waals surface area (Å²) in [7, 11) is 2.94. The molecule has 0 aliphatic carbocycles. The van der Waals surface area contributed by atoms with E-state index in [1.54, 1.807) is 19.1 Å². The number of ether oxygens (including phenoxy) is 3. The second kappa shape index (κ2) is 6.60. The van der Waals surface area contributed by atoms with Crippen LogP contribution in [0.3, 0.4) is 0 Å². The highest BCUT2D eigenvalue weighted by molar-refractivity contribution is 5.96. The summed E-state index contributed by atoms with van der Waals surface area (Å²) in [6, 6.07) is 4.46. The SMILES string of the molecule is COc1cc(OC)c2c(c1)C(=O)O[C@H]2c1coc(C[C@@H](C)O)cc1=O. The fraction of sp³-hybridized carbons (Fsp3) is 0.333. The second-order valence-electron chi connectivity index (χ2n) is 5.80. The van der Waals surface area contributed by atoms with E-state index in [1.807, 2.05) is 0 Å². The van der Waals surface area contributed by atoms with Crippen LogP contribution in [0.4, 0.5) is 0 Å². The lowest BCUT2D eigenvalue weighted by Crippen LogP contribution is -2.16. The molecule has 0 saturated heterocycles. The van der Waals surface area contributed by atoms with E-state index in [2.05, 4.69) is 0 Å². The van der Waals surface area contributed by atoms with Gasteiger partial charge in [0, 0.05) is 18.6 Å². The Balaban J connectivity index is 2.07. The van der Waals surface area contributed by atoms with E-state index in [-0.39, 0.29) is 23.0 Å². The molecule has 2 atom stereocenters. The van der Waals surface area contributed by atoms with Gasteiger partial charge in [-0.15, -0.1) is 0 Å². The molecule has 1 N–H and O–H groups in total. The number of hydrogen-bond acceptors (Lipinski definition) is 7. The Morgan fingerprint density at radius 1 is 1.20 bits per heavy atom. The Labute approximate surface area is 143 Å². The second-order valence-corrected chi connectivity index (χ2v) is 5.80. The molecule has 25 heavy (non-hydrogen) atoms. The first-order valence-corrected chi connectivity index (χ1v) is 7.71. The van der Waals surface area contributed by atoms with Gasteiger partial charge in [-0.05, 0) is 13.0 Å². The lowest BCUT2D eigenvalue weighted by molar-refractivity contribution is 0.0450. The fourth-order valence-corrected chi connectivity index (χ4v) is 2.83. The van der Waals surface area contributed by atoms with Gasteiger partial charge in [-0.3, -0.25) is 4.79 Å². The van der Waals surface area contributed by atoms with Crippen molar-refractivity contribution in [2.45, 2.75) is 25.6 Å². The summed E-state index contributed by atoms with van der Waals surface area (Å²) in [6.07, 6.45) is -0.0693. The first-order chi connectivity index (χ1) is 11.9. The van der Waals surface area contributed by atoms with Crippen LogP contribution >= 0.6 is 0 Å². The van der Waals surface area contributed by atoms with Crippen LogP contribution < -0.4 is 14.9 Å². The Morgan fingerprint density at radius 2 is 1.96 bits per heavy atom. The van der Waals surface area contributed by atoms with Crippen LogP contribution in [-0.4, -0.2) is 31.4 Å². The van der Waals surface area contributed by atoms with E-state index in [9.17, 15) is 14.7 Å². The van der Waals surface area contributed by atoms with Gasteiger partial charge in [0.2, 0.25) is 0 Å². The minimum atomic E-state index is -0.916. The molecule has 1 aliphatic heterocycles. The van der Waals surface area contributed by atoms with Crippen molar-refractivity contribution in [2.75, 3.05) is 14.2 Å². The third kappa shape index (κ3) is 3.10. The summed E-state index contributed by atoms with van der Waals surface area (Å²) in [5, 5.41) is 9.40. The largest absolute Gasteiger partial charge is 0.497 e. The molecule has 132 valence electrons.